The van der Waals surface area contributed by atoms with Crippen molar-refractivity contribution in [3.05, 3.63) is 34.7 Å². The van der Waals surface area contributed by atoms with Crippen molar-refractivity contribution in [3.63, 3.8) is 0 Å². The number of piperidine rings is 1. The molecule has 4 N–H and O–H groups in total. The van der Waals surface area contributed by atoms with Crippen LogP contribution < -0.4 is 10.6 Å². The van der Waals surface area contributed by atoms with Crippen molar-refractivity contribution in [2.75, 3.05) is 4.90 Å². The Labute approximate surface area is 176 Å². The van der Waals surface area contributed by atoms with Gasteiger partial charge >= 0.3 is 0 Å². The van der Waals surface area contributed by atoms with Crippen molar-refractivity contribution >= 4 is 51.1 Å². The molecule has 2 fully saturated rings. The van der Waals surface area contributed by atoms with Gasteiger partial charge in [-0.25, -0.2) is 9.97 Å². The zero-order valence-corrected chi connectivity index (χ0v) is 17.0. The fourth-order valence-corrected chi connectivity index (χ4v) is 5.70. The molecular formula is C20H19Cl2N7. The lowest BCUT2D eigenvalue weighted by atomic mass is 9.98. The summed E-state index contributed by atoms with van der Waals surface area (Å²) in [6, 6.07) is 5.09. The molecule has 2 bridgehead atoms. The normalized spacial score (nSPS) is 24.1. The van der Waals surface area contributed by atoms with Crippen molar-refractivity contribution in [1.82, 2.24) is 25.1 Å². The predicted molar refractivity (Wildman–Crippen MR) is 115 cm³/mol. The van der Waals surface area contributed by atoms with E-state index in [1.54, 1.807) is 0 Å². The standard InChI is InChI=1S/C20H19Cl2N7/c21-17-12(3-4-14-16(17)19(22)28-27-14)13-7-25-20-18(13)24-8-15(26-20)29-10-1-2-11(29)6-9(23)5-10/h3-4,7-11H,1-2,5-6,23H2,(H,25,26)(H,27,28). The van der Waals surface area contributed by atoms with E-state index >= 15 is 0 Å². The topological polar surface area (TPSA) is 99.5 Å². The second kappa shape index (κ2) is 6.32. The fraction of sp³-hybridized carbons (Fsp3) is 0.350. The third-order valence-corrected chi connectivity index (χ3v) is 6.98. The van der Waals surface area contributed by atoms with Gasteiger partial charge in [-0.1, -0.05) is 29.3 Å². The molecule has 2 unspecified atom stereocenters. The molecule has 148 valence electrons. The molecule has 3 aromatic heterocycles. The van der Waals surface area contributed by atoms with Gasteiger partial charge in [-0.3, -0.25) is 5.10 Å². The van der Waals surface area contributed by atoms with Gasteiger partial charge in [-0.05, 0) is 31.7 Å². The van der Waals surface area contributed by atoms with Crippen molar-refractivity contribution in [2.24, 2.45) is 5.73 Å². The van der Waals surface area contributed by atoms with Crippen LogP contribution in [-0.4, -0.2) is 43.3 Å². The highest BCUT2D eigenvalue weighted by molar-refractivity contribution is 6.43. The van der Waals surface area contributed by atoms with Gasteiger partial charge in [0, 0.05) is 35.4 Å². The van der Waals surface area contributed by atoms with E-state index in [1.807, 2.05) is 24.5 Å². The van der Waals surface area contributed by atoms with Gasteiger partial charge in [0.2, 0.25) is 0 Å². The van der Waals surface area contributed by atoms with Gasteiger partial charge in [0.05, 0.1) is 22.1 Å². The van der Waals surface area contributed by atoms with E-state index in [2.05, 4.69) is 20.1 Å². The van der Waals surface area contributed by atoms with Crippen molar-refractivity contribution in [1.29, 1.82) is 0 Å². The van der Waals surface area contributed by atoms with Crippen LogP contribution >= 0.6 is 23.2 Å². The molecule has 6 rings (SSSR count). The molecule has 0 amide bonds. The SMILES string of the molecule is NC1CC2CCC(C1)N2c1cnc2c(-c3ccc4[nH]nc(Cl)c4c3Cl)c[nH]c2n1. The quantitative estimate of drug-likeness (QED) is 0.443. The van der Waals surface area contributed by atoms with Gasteiger partial charge in [-0.15, -0.1) is 0 Å². The number of nitrogens with two attached hydrogens (primary N) is 1. The van der Waals surface area contributed by atoms with E-state index in [1.165, 1.54) is 12.8 Å². The summed E-state index contributed by atoms with van der Waals surface area (Å²) in [5.74, 6) is 0.921. The highest BCUT2D eigenvalue weighted by atomic mass is 35.5. The first kappa shape index (κ1) is 17.5. The van der Waals surface area contributed by atoms with Crippen LogP contribution in [0.3, 0.4) is 0 Å². The number of nitrogens with one attached hydrogen (secondary N) is 2. The maximum absolute atomic E-state index is 6.67. The lowest BCUT2D eigenvalue weighted by Crippen LogP contribution is -2.47. The molecule has 29 heavy (non-hydrogen) atoms. The van der Waals surface area contributed by atoms with E-state index in [4.69, 9.17) is 38.9 Å². The number of aromatic amines is 2. The van der Waals surface area contributed by atoms with Crippen LogP contribution in [0.5, 0.6) is 0 Å². The second-order valence-corrected chi connectivity index (χ2v) is 8.75. The molecule has 2 aliphatic heterocycles. The summed E-state index contributed by atoms with van der Waals surface area (Å²) >= 11 is 12.9. The predicted octanol–water partition coefficient (Wildman–Crippen LogP) is 4.27. The minimum atomic E-state index is 0.296. The van der Waals surface area contributed by atoms with Crippen LogP contribution in [0.1, 0.15) is 25.7 Å². The molecule has 7 nitrogen and oxygen atoms in total. The average molecular weight is 428 g/mol. The van der Waals surface area contributed by atoms with E-state index < -0.39 is 0 Å². The molecule has 2 saturated heterocycles. The van der Waals surface area contributed by atoms with Crippen LogP contribution in [-0.2, 0) is 0 Å². The van der Waals surface area contributed by atoms with Gasteiger partial charge < -0.3 is 15.6 Å². The molecular weight excluding hydrogens is 409 g/mol. The van der Waals surface area contributed by atoms with E-state index in [-0.39, 0.29) is 0 Å². The third-order valence-electron chi connectivity index (χ3n) is 6.32. The van der Waals surface area contributed by atoms with Gasteiger partial charge in [0.1, 0.15) is 11.3 Å². The third kappa shape index (κ3) is 2.57. The molecule has 2 aliphatic rings. The Balaban J connectivity index is 1.43. The number of rotatable bonds is 2. The number of benzene rings is 1. The smallest absolute Gasteiger partial charge is 0.160 e. The van der Waals surface area contributed by atoms with Gasteiger partial charge in [-0.2, -0.15) is 5.10 Å². The number of aromatic nitrogens is 5. The first-order valence-corrected chi connectivity index (χ1v) is 10.6. The summed E-state index contributed by atoms with van der Waals surface area (Å²) in [4.78, 5) is 15.3. The monoisotopic (exact) mass is 427 g/mol. The first-order valence-electron chi connectivity index (χ1n) is 9.80. The Kier molecular flexibility index (Phi) is 3.82. The Morgan fingerprint density at radius 1 is 1.10 bits per heavy atom. The van der Waals surface area contributed by atoms with Crippen LogP contribution in [0.2, 0.25) is 10.2 Å². The second-order valence-electron chi connectivity index (χ2n) is 8.02. The largest absolute Gasteiger partial charge is 0.349 e. The fourth-order valence-electron chi connectivity index (χ4n) is 5.05. The first-order chi connectivity index (χ1) is 14.1. The summed E-state index contributed by atoms with van der Waals surface area (Å²) in [6.45, 7) is 0. The van der Waals surface area contributed by atoms with Crippen LogP contribution in [0.15, 0.2) is 24.5 Å². The minimum Gasteiger partial charge on any atom is -0.349 e. The number of anilines is 1. The molecule has 9 heteroatoms. The number of H-pyrrole nitrogens is 2. The minimum absolute atomic E-state index is 0.296. The maximum atomic E-state index is 6.67. The molecule has 0 radical (unpaired) electrons. The zero-order chi connectivity index (χ0) is 19.7. The van der Waals surface area contributed by atoms with Gasteiger partial charge in [0.25, 0.3) is 0 Å². The Morgan fingerprint density at radius 2 is 1.90 bits per heavy atom. The highest BCUT2D eigenvalue weighted by Gasteiger charge is 2.40. The summed E-state index contributed by atoms with van der Waals surface area (Å²) in [5, 5.41) is 8.54. The summed E-state index contributed by atoms with van der Waals surface area (Å²) < 4.78 is 0. The number of nitrogens with zero attached hydrogens (tertiary/aromatic N) is 4. The average Bonchev–Trinajstić information content (AvgIpc) is 3.37. The van der Waals surface area contributed by atoms with Crippen molar-refractivity contribution < 1.29 is 0 Å². The van der Waals surface area contributed by atoms with Crippen LogP contribution in [0.25, 0.3) is 33.2 Å². The van der Waals surface area contributed by atoms with Crippen molar-refractivity contribution in [2.45, 2.75) is 43.8 Å². The summed E-state index contributed by atoms with van der Waals surface area (Å²) in [6.07, 6.45) is 8.17. The molecule has 2 atom stereocenters. The maximum Gasteiger partial charge on any atom is 0.160 e. The molecule has 0 aliphatic carbocycles. The molecule has 1 aromatic carbocycles. The number of hydrogen-bond acceptors (Lipinski definition) is 5. The van der Waals surface area contributed by atoms with E-state index in [0.29, 0.717) is 33.7 Å². The van der Waals surface area contributed by atoms with Gasteiger partial charge in [0.15, 0.2) is 10.8 Å². The number of halogens is 2. The summed E-state index contributed by atoms with van der Waals surface area (Å²) in [5.41, 5.74) is 10.3. The number of hydrogen-bond donors (Lipinski definition) is 3. The van der Waals surface area contributed by atoms with E-state index in [9.17, 15) is 0 Å². The van der Waals surface area contributed by atoms with Crippen molar-refractivity contribution in [3.8, 4) is 11.1 Å². The van der Waals surface area contributed by atoms with E-state index in [0.717, 1.165) is 46.5 Å². The Morgan fingerprint density at radius 3 is 2.69 bits per heavy atom. The molecule has 0 spiro atoms. The summed E-state index contributed by atoms with van der Waals surface area (Å²) in [7, 11) is 0. The number of fused-ring (bicyclic) bond motifs is 4. The molecule has 5 heterocycles. The Hall–Kier alpha value is -2.35. The molecule has 0 saturated carbocycles. The van der Waals surface area contributed by atoms with Crippen LogP contribution in [0, 0.1) is 0 Å². The Bertz CT molecular complexity index is 1230. The highest BCUT2D eigenvalue weighted by Crippen LogP contribution is 2.41. The lowest BCUT2D eigenvalue weighted by Gasteiger charge is -2.38. The zero-order valence-electron chi connectivity index (χ0n) is 15.5. The lowest BCUT2D eigenvalue weighted by molar-refractivity contribution is 0.412. The van der Waals surface area contributed by atoms with Crippen LogP contribution in [0.4, 0.5) is 5.82 Å². The molecule has 4 aromatic rings.